The number of rotatable bonds is 9. The first-order valence-corrected chi connectivity index (χ1v) is 7.82. The first-order valence-electron chi connectivity index (χ1n) is 6.70. The molecule has 0 aliphatic heterocycles. The monoisotopic (exact) mass is 276 g/mol. The van der Waals surface area contributed by atoms with Crippen LogP contribution < -0.4 is 0 Å². The lowest BCUT2D eigenvalue weighted by atomic mass is 9.74. The summed E-state index contributed by atoms with van der Waals surface area (Å²) in [7, 11) is 0. The van der Waals surface area contributed by atoms with Gasteiger partial charge in [0.05, 0.1) is 0 Å². The Bertz CT molecular complexity index is 138. The van der Waals surface area contributed by atoms with E-state index in [1.54, 1.807) is 0 Å². The van der Waals surface area contributed by atoms with Crippen LogP contribution in [0, 0.1) is 11.3 Å². The molecule has 0 rings (SSSR count). The van der Waals surface area contributed by atoms with Gasteiger partial charge in [0.2, 0.25) is 0 Å². The molecule has 0 spiro atoms. The van der Waals surface area contributed by atoms with Crippen molar-refractivity contribution < 1.29 is 0 Å². The molecule has 2 unspecified atom stereocenters. The molecule has 0 saturated carbocycles. The van der Waals surface area contributed by atoms with Gasteiger partial charge in [-0.3, -0.25) is 0 Å². The van der Waals surface area contributed by atoms with Crippen LogP contribution in [0.1, 0.15) is 72.6 Å². The molecule has 0 amide bonds. The summed E-state index contributed by atoms with van der Waals surface area (Å²) in [5.74, 6) is 0.893. The van der Waals surface area contributed by atoms with Crippen molar-refractivity contribution in [3.8, 4) is 0 Å². The molecular formula is C14H29Br. The van der Waals surface area contributed by atoms with E-state index in [4.69, 9.17) is 0 Å². The second kappa shape index (κ2) is 8.61. The lowest BCUT2D eigenvalue weighted by Gasteiger charge is -2.33. The predicted molar refractivity (Wildman–Crippen MR) is 74.7 cm³/mol. The minimum Gasteiger partial charge on any atom is -0.0922 e. The van der Waals surface area contributed by atoms with Crippen LogP contribution >= 0.6 is 15.9 Å². The van der Waals surface area contributed by atoms with Crippen LogP contribution in [0.25, 0.3) is 0 Å². The Morgan fingerprint density at radius 3 is 2.20 bits per heavy atom. The summed E-state index contributed by atoms with van der Waals surface area (Å²) in [6.45, 7) is 9.37. The fourth-order valence-electron chi connectivity index (χ4n) is 2.52. The van der Waals surface area contributed by atoms with E-state index in [0.717, 1.165) is 5.92 Å². The fraction of sp³-hybridized carbons (Fsp3) is 1.00. The molecule has 1 heteroatoms. The lowest BCUT2D eigenvalue weighted by molar-refractivity contribution is 0.216. The van der Waals surface area contributed by atoms with E-state index in [1.807, 2.05) is 0 Å². The normalized spacial score (nSPS) is 17.4. The highest BCUT2D eigenvalue weighted by molar-refractivity contribution is 9.09. The van der Waals surface area contributed by atoms with Gasteiger partial charge in [0, 0.05) is 5.33 Å². The molecule has 2 atom stereocenters. The molecule has 0 fully saturated rings. The first-order chi connectivity index (χ1) is 7.14. The summed E-state index contributed by atoms with van der Waals surface area (Å²) in [6, 6.07) is 0. The van der Waals surface area contributed by atoms with E-state index in [2.05, 4.69) is 43.6 Å². The molecule has 0 bridgehead atoms. The van der Waals surface area contributed by atoms with Crippen LogP contribution in [0.15, 0.2) is 0 Å². The SMILES string of the molecule is CCCCC(CC)(CBr)CC(C)CCC. The van der Waals surface area contributed by atoms with Crippen molar-refractivity contribution in [1.29, 1.82) is 0 Å². The molecule has 0 heterocycles. The summed E-state index contributed by atoms with van der Waals surface area (Å²) in [5, 5.41) is 1.19. The summed E-state index contributed by atoms with van der Waals surface area (Å²) in [5.41, 5.74) is 0.574. The van der Waals surface area contributed by atoms with Gasteiger partial charge in [0.1, 0.15) is 0 Å². The van der Waals surface area contributed by atoms with Gasteiger partial charge in [-0.1, -0.05) is 69.3 Å². The van der Waals surface area contributed by atoms with E-state index < -0.39 is 0 Å². The predicted octanol–water partition coefficient (Wildman–Crippen LogP) is 5.79. The molecule has 0 aliphatic rings. The summed E-state index contributed by atoms with van der Waals surface area (Å²) >= 11 is 3.74. The summed E-state index contributed by atoms with van der Waals surface area (Å²) in [4.78, 5) is 0. The van der Waals surface area contributed by atoms with Crippen molar-refractivity contribution in [1.82, 2.24) is 0 Å². The van der Waals surface area contributed by atoms with Crippen LogP contribution in [0.5, 0.6) is 0 Å². The van der Waals surface area contributed by atoms with Crippen molar-refractivity contribution >= 4 is 15.9 Å². The van der Waals surface area contributed by atoms with Gasteiger partial charge in [0.25, 0.3) is 0 Å². The fourth-order valence-corrected chi connectivity index (χ4v) is 3.43. The van der Waals surface area contributed by atoms with Crippen molar-refractivity contribution in [3.05, 3.63) is 0 Å². The van der Waals surface area contributed by atoms with Gasteiger partial charge in [0.15, 0.2) is 0 Å². The molecule has 15 heavy (non-hydrogen) atoms. The van der Waals surface area contributed by atoms with Gasteiger partial charge in [-0.05, 0) is 30.6 Å². The Balaban J connectivity index is 4.21. The highest BCUT2D eigenvalue weighted by Gasteiger charge is 2.27. The van der Waals surface area contributed by atoms with E-state index in [9.17, 15) is 0 Å². The second-order valence-electron chi connectivity index (χ2n) is 5.19. The number of hydrogen-bond donors (Lipinski definition) is 0. The van der Waals surface area contributed by atoms with Crippen LogP contribution in [0.4, 0.5) is 0 Å². The minimum atomic E-state index is 0.574. The van der Waals surface area contributed by atoms with E-state index in [0.29, 0.717) is 5.41 Å². The number of hydrogen-bond acceptors (Lipinski definition) is 0. The van der Waals surface area contributed by atoms with Gasteiger partial charge in [-0.15, -0.1) is 0 Å². The molecule has 0 aromatic carbocycles. The topological polar surface area (TPSA) is 0 Å². The number of unbranched alkanes of at least 4 members (excludes halogenated alkanes) is 1. The van der Waals surface area contributed by atoms with E-state index in [-0.39, 0.29) is 0 Å². The number of halogens is 1. The van der Waals surface area contributed by atoms with Crippen molar-refractivity contribution in [3.63, 3.8) is 0 Å². The summed E-state index contributed by atoms with van der Waals surface area (Å²) < 4.78 is 0. The average Bonchev–Trinajstić information content (AvgIpc) is 2.25. The van der Waals surface area contributed by atoms with E-state index >= 15 is 0 Å². The van der Waals surface area contributed by atoms with Gasteiger partial charge >= 0.3 is 0 Å². The minimum absolute atomic E-state index is 0.574. The average molecular weight is 277 g/mol. The first kappa shape index (κ1) is 15.5. The third-order valence-corrected chi connectivity index (χ3v) is 4.85. The van der Waals surface area contributed by atoms with Gasteiger partial charge < -0.3 is 0 Å². The third kappa shape index (κ3) is 5.94. The van der Waals surface area contributed by atoms with Crippen LogP contribution in [-0.2, 0) is 0 Å². The standard InChI is InChI=1S/C14H29Br/c1-5-8-10-14(7-3,12-15)11-13(4)9-6-2/h13H,5-12H2,1-4H3. The van der Waals surface area contributed by atoms with Crippen LogP contribution in [0.3, 0.4) is 0 Å². The maximum atomic E-state index is 3.74. The highest BCUT2D eigenvalue weighted by atomic mass is 79.9. The maximum absolute atomic E-state index is 3.74. The Morgan fingerprint density at radius 2 is 1.80 bits per heavy atom. The zero-order chi connectivity index (χ0) is 11.7. The van der Waals surface area contributed by atoms with Crippen LogP contribution in [-0.4, -0.2) is 5.33 Å². The number of alkyl halides is 1. The Labute approximate surface area is 105 Å². The molecule has 0 aliphatic carbocycles. The Kier molecular flexibility index (Phi) is 8.89. The summed E-state index contributed by atoms with van der Waals surface area (Å²) in [6.07, 6.45) is 9.57. The molecule has 0 N–H and O–H groups in total. The maximum Gasteiger partial charge on any atom is 0.00879 e. The molecule has 0 aromatic heterocycles. The molecule has 0 radical (unpaired) electrons. The quantitative estimate of drug-likeness (QED) is 0.468. The third-order valence-electron chi connectivity index (χ3n) is 3.66. The van der Waals surface area contributed by atoms with Crippen molar-refractivity contribution in [2.24, 2.45) is 11.3 Å². The van der Waals surface area contributed by atoms with Crippen molar-refractivity contribution in [2.75, 3.05) is 5.33 Å². The zero-order valence-corrected chi connectivity index (χ0v) is 12.7. The largest absolute Gasteiger partial charge is 0.0922 e. The molecule has 92 valence electrons. The lowest BCUT2D eigenvalue weighted by Crippen LogP contribution is -2.24. The molecule has 0 nitrogen and oxygen atoms in total. The Hall–Kier alpha value is 0.480. The second-order valence-corrected chi connectivity index (χ2v) is 5.75. The zero-order valence-electron chi connectivity index (χ0n) is 11.1. The highest BCUT2D eigenvalue weighted by Crippen LogP contribution is 2.38. The Morgan fingerprint density at radius 1 is 1.13 bits per heavy atom. The van der Waals surface area contributed by atoms with Crippen molar-refractivity contribution in [2.45, 2.75) is 72.6 Å². The van der Waals surface area contributed by atoms with Gasteiger partial charge in [-0.2, -0.15) is 0 Å². The molecule has 0 saturated heterocycles. The van der Waals surface area contributed by atoms with Gasteiger partial charge in [-0.25, -0.2) is 0 Å². The van der Waals surface area contributed by atoms with E-state index in [1.165, 1.54) is 50.3 Å². The molecule has 0 aromatic rings. The smallest absolute Gasteiger partial charge is 0.00879 e. The van der Waals surface area contributed by atoms with Crippen LogP contribution in [0.2, 0.25) is 0 Å². The molecular weight excluding hydrogens is 248 g/mol.